The number of aryl methyl sites for hydroxylation is 2. The molecule has 12 bridgehead atoms. The predicted molar refractivity (Wildman–Crippen MR) is 345 cm³/mol. The van der Waals surface area contributed by atoms with Gasteiger partial charge in [-0.15, -0.1) is 0 Å². The number of fused-ring (bicyclic) bond motifs is 12. The normalized spacial score (nSPS) is 30.3. The molecule has 0 spiro atoms. The number of Topliss-reactive ketones (excluding diaryl/α,β-unsaturated/α-hetero) is 2. The number of ketones is 2. The molecular formula is C82H64N2O2. The first kappa shape index (κ1) is 46.2. The van der Waals surface area contributed by atoms with E-state index < -0.39 is 0 Å². The van der Waals surface area contributed by atoms with E-state index in [4.69, 9.17) is 0 Å². The van der Waals surface area contributed by atoms with E-state index in [0.717, 1.165) is 57.8 Å². The van der Waals surface area contributed by atoms with Gasteiger partial charge in [0.05, 0.1) is 44.9 Å². The van der Waals surface area contributed by atoms with Gasteiger partial charge in [0.25, 0.3) is 0 Å². The minimum atomic E-state index is -0.336. The third-order valence-corrected chi connectivity index (χ3v) is 26.4. The van der Waals surface area contributed by atoms with Crippen LogP contribution in [0, 0.1) is 49.4 Å². The zero-order valence-corrected chi connectivity index (χ0v) is 48.8. The van der Waals surface area contributed by atoms with E-state index in [9.17, 15) is 0 Å². The van der Waals surface area contributed by atoms with Crippen LogP contribution in [0.5, 0.6) is 0 Å². The number of aromatic nitrogens is 2. The molecule has 13 aromatic rings. The highest BCUT2D eigenvalue weighted by Gasteiger charge is 2.54. The van der Waals surface area contributed by atoms with Crippen LogP contribution in [-0.4, -0.2) is 20.4 Å². The van der Waals surface area contributed by atoms with Crippen LogP contribution >= 0.6 is 0 Å². The molecule has 4 heteroatoms. The standard InChI is InChI=1S/C82H64N2O2/c1-39-69-65-27-47(81-33-41-19-42(34-81)21-43(20-41)35-81)25-61-58-30-60-64(80(86)74-55-17-9-5-13-51(55)72(60)52-14-6-10-18-56(52)74)32-68(58)84(77(61)65)76(69)40(2)70-66-28-48(82-36-44-22-45(37-82)24-46(23-44)38-82)26-62-57-29-59-63(31-67(57)83(75(39)70)78(62)66)79(85)73-53-15-7-3-11-49(53)71(59)50-12-4-8-16-54(50)73/h3-18,25-32,41-46,71-74H,19-24,33-38H2,1-2H3. The third kappa shape index (κ3) is 5.21. The fraction of sp³-hybridized carbons (Fsp3) is 0.317. The molecule has 0 atom stereocenters. The van der Waals surface area contributed by atoms with Gasteiger partial charge in [0.1, 0.15) is 0 Å². The summed E-state index contributed by atoms with van der Waals surface area (Å²) in [6.45, 7) is 4.92. The van der Waals surface area contributed by atoms with Gasteiger partial charge < -0.3 is 8.80 Å². The maximum atomic E-state index is 15.8. The maximum absolute atomic E-state index is 15.8. The molecule has 0 amide bonds. The Morgan fingerprint density at radius 2 is 0.616 bits per heavy atom. The zero-order chi connectivity index (χ0) is 55.9. The second-order valence-corrected chi connectivity index (χ2v) is 30.5. The maximum Gasteiger partial charge on any atom is 0.175 e. The molecule has 0 saturated heterocycles. The molecule has 4 nitrogen and oxygen atoms in total. The van der Waals surface area contributed by atoms with Gasteiger partial charge in [-0.05, 0) is 264 Å². The largest absolute Gasteiger partial charge is 0.308 e. The van der Waals surface area contributed by atoms with Gasteiger partial charge in [-0.3, -0.25) is 9.59 Å². The molecule has 414 valence electrons. The number of hydrogen-bond donors (Lipinski definition) is 0. The van der Waals surface area contributed by atoms with Crippen LogP contribution in [-0.2, 0) is 10.8 Å². The van der Waals surface area contributed by atoms with E-state index in [1.54, 1.807) is 11.1 Å². The SMILES string of the molecule is Cc1c2c3cc(C45CC6CC(CC(C6)C4)C5)cc4c5cc6c(cc5n(c2c(C)c2c5cc(C78CC9CC(CC(C9)C7)C8)cc7c8cc9c(cc8n(c12)c75)C(=O)C1c2ccccc2C9c2ccccc21)c43)C(=O)C1c2ccccc2C6c2ccccc21. The summed E-state index contributed by atoms with van der Waals surface area (Å²) in [5.74, 6) is 4.63. The Hall–Kier alpha value is -8.08. The summed E-state index contributed by atoms with van der Waals surface area (Å²) >= 11 is 0. The molecule has 86 heavy (non-hydrogen) atoms. The lowest BCUT2D eigenvalue weighted by Crippen LogP contribution is -2.48. The molecule has 14 aliphatic carbocycles. The molecule has 8 fully saturated rings. The third-order valence-electron chi connectivity index (χ3n) is 26.4. The zero-order valence-electron chi connectivity index (χ0n) is 48.8. The van der Waals surface area contributed by atoms with E-state index in [-0.39, 0.29) is 46.1 Å². The topological polar surface area (TPSA) is 43.0 Å². The number of carbonyl (C=O) groups excluding carboxylic acids is 2. The highest BCUT2D eigenvalue weighted by Crippen LogP contribution is 2.65. The monoisotopic (exact) mass is 1110 g/mol. The number of hydrogen-bond acceptors (Lipinski definition) is 2. The van der Waals surface area contributed by atoms with Crippen LogP contribution in [0.15, 0.2) is 146 Å². The summed E-state index contributed by atoms with van der Waals surface area (Å²) < 4.78 is 5.36. The summed E-state index contributed by atoms with van der Waals surface area (Å²) in [4.78, 5) is 31.7. The summed E-state index contributed by atoms with van der Waals surface area (Å²) in [7, 11) is 0. The second-order valence-electron chi connectivity index (χ2n) is 30.5. The van der Waals surface area contributed by atoms with Crippen LogP contribution < -0.4 is 0 Å². The minimum absolute atomic E-state index is 0.0180. The van der Waals surface area contributed by atoms with Crippen LogP contribution in [0.1, 0.15) is 199 Å². The molecule has 8 saturated carbocycles. The molecule has 0 unspecified atom stereocenters. The van der Waals surface area contributed by atoms with E-state index in [1.165, 1.54) is 209 Å². The number of benzene rings is 9. The van der Waals surface area contributed by atoms with Crippen molar-refractivity contribution in [3.05, 3.63) is 235 Å². The van der Waals surface area contributed by atoms with Crippen LogP contribution in [0.3, 0.4) is 0 Å². The van der Waals surface area contributed by atoms with Gasteiger partial charge in [-0.25, -0.2) is 0 Å². The van der Waals surface area contributed by atoms with Crippen molar-refractivity contribution in [2.75, 3.05) is 0 Å². The lowest BCUT2D eigenvalue weighted by molar-refractivity contribution is -0.00520. The van der Waals surface area contributed by atoms with E-state index in [0.29, 0.717) is 0 Å². The second kappa shape index (κ2) is 15.0. The number of rotatable bonds is 2. The Kier molecular flexibility index (Phi) is 8.05. The Bertz CT molecular complexity index is 4920. The number of nitrogens with zero attached hydrogens (tertiary/aromatic N) is 2. The van der Waals surface area contributed by atoms with Gasteiger partial charge in [0.15, 0.2) is 11.6 Å². The predicted octanol–water partition coefficient (Wildman–Crippen LogP) is 19.2. The van der Waals surface area contributed by atoms with Crippen LogP contribution in [0.4, 0.5) is 0 Å². The Morgan fingerprint density at radius 1 is 0.326 bits per heavy atom. The van der Waals surface area contributed by atoms with Crippen molar-refractivity contribution >= 4 is 87.8 Å². The van der Waals surface area contributed by atoms with Gasteiger partial charge in [0.2, 0.25) is 0 Å². The average Bonchev–Trinajstić information content (AvgIpc) is 1.52. The summed E-state index contributed by atoms with van der Waals surface area (Å²) in [5, 5.41) is 10.7. The summed E-state index contributed by atoms with van der Waals surface area (Å²) in [5.41, 5.74) is 27.5. The molecule has 14 aliphatic rings. The molecule has 0 N–H and O–H groups in total. The van der Waals surface area contributed by atoms with E-state index in [1.807, 2.05) is 0 Å². The van der Waals surface area contributed by atoms with Crippen molar-refractivity contribution in [1.29, 1.82) is 0 Å². The minimum Gasteiger partial charge on any atom is -0.308 e. The first-order chi connectivity index (χ1) is 42.2. The van der Waals surface area contributed by atoms with Crippen molar-refractivity contribution in [2.24, 2.45) is 35.5 Å². The lowest BCUT2D eigenvalue weighted by atomic mass is 9.48. The number of carbonyl (C=O) groups is 2. The molecular weight excluding hydrogens is 1040 g/mol. The Balaban J connectivity index is 0.865. The van der Waals surface area contributed by atoms with Crippen molar-refractivity contribution in [2.45, 2.75) is 125 Å². The van der Waals surface area contributed by atoms with Crippen molar-refractivity contribution < 1.29 is 9.59 Å². The molecule has 4 heterocycles. The van der Waals surface area contributed by atoms with Crippen molar-refractivity contribution in [3.8, 4) is 0 Å². The molecule has 0 radical (unpaired) electrons. The van der Waals surface area contributed by atoms with Crippen LogP contribution in [0.2, 0.25) is 0 Å². The van der Waals surface area contributed by atoms with Gasteiger partial charge in [-0.1, -0.05) is 97.1 Å². The smallest absolute Gasteiger partial charge is 0.175 e. The highest BCUT2D eigenvalue weighted by molar-refractivity contribution is 6.32. The van der Waals surface area contributed by atoms with Crippen LogP contribution in [0.25, 0.3) is 76.2 Å². The van der Waals surface area contributed by atoms with Crippen molar-refractivity contribution in [1.82, 2.24) is 8.80 Å². The van der Waals surface area contributed by atoms with Gasteiger partial charge in [0, 0.05) is 66.1 Å². The Labute approximate surface area is 498 Å². The quantitative estimate of drug-likeness (QED) is 0.173. The summed E-state index contributed by atoms with van der Waals surface area (Å²) in [6, 6.07) is 56.0. The van der Waals surface area contributed by atoms with Crippen molar-refractivity contribution in [3.63, 3.8) is 0 Å². The lowest BCUT2D eigenvalue weighted by Gasteiger charge is -2.57. The molecule has 27 rings (SSSR count). The van der Waals surface area contributed by atoms with Gasteiger partial charge >= 0.3 is 0 Å². The first-order valence-electron chi connectivity index (χ1n) is 33.1. The van der Waals surface area contributed by atoms with E-state index in [2.05, 4.69) is 168 Å². The summed E-state index contributed by atoms with van der Waals surface area (Å²) in [6.07, 6.45) is 16.3. The average molecular weight is 1110 g/mol. The van der Waals surface area contributed by atoms with Gasteiger partial charge in [-0.2, -0.15) is 0 Å². The fourth-order valence-electron chi connectivity index (χ4n) is 24.3. The molecule has 9 aromatic carbocycles. The van der Waals surface area contributed by atoms with E-state index >= 15 is 9.59 Å². The Morgan fingerprint density at radius 3 is 0.930 bits per heavy atom. The first-order valence-corrected chi connectivity index (χ1v) is 33.1. The molecule has 4 aromatic heterocycles. The highest BCUT2D eigenvalue weighted by atomic mass is 16.1. The fourth-order valence-corrected chi connectivity index (χ4v) is 24.3. The molecule has 0 aliphatic heterocycles.